The highest BCUT2D eigenvalue weighted by Gasteiger charge is 2.14. The van der Waals surface area contributed by atoms with Gasteiger partial charge in [0.1, 0.15) is 5.75 Å². The molecule has 2 amide bonds. The maximum atomic E-state index is 12.0. The molecule has 0 bridgehead atoms. The van der Waals surface area contributed by atoms with Gasteiger partial charge in [-0.3, -0.25) is 14.5 Å². The predicted octanol–water partition coefficient (Wildman–Crippen LogP) is 0.284. The standard InChI is InChI=1S/C14H22N4O3/c1-4-18(8-13(19)16-2)9-14(20)17-11-6-5-10(15)7-12(11)21-3/h5-7H,4,8-9,15H2,1-3H3,(H,16,19)(H,17,20). The molecule has 0 saturated heterocycles. The number of methoxy groups -OCH3 is 1. The Morgan fingerprint density at radius 1 is 1.29 bits per heavy atom. The smallest absolute Gasteiger partial charge is 0.238 e. The first-order valence-corrected chi connectivity index (χ1v) is 6.66. The minimum Gasteiger partial charge on any atom is -0.494 e. The number of rotatable bonds is 7. The number of ether oxygens (including phenoxy) is 1. The zero-order valence-corrected chi connectivity index (χ0v) is 12.6. The molecule has 4 N–H and O–H groups in total. The van der Waals surface area contributed by atoms with Crippen LogP contribution in [0.3, 0.4) is 0 Å². The van der Waals surface area contributed by atoms with Gasteiger partial charge in [0, 0.05) is 18.8 Å². The summed E-state index contributed by atoms with van der Waals surface area (Å²) >= 11 is 0. The fraction of sp³-hybridized carbons (Fsp3) is 0.429. The molecule has 0 atom stereocenters. The number of anilines is 2. The van der Waals surface area contributed by atoms with Gasteiger partial charge in [0.15, 0.2) is 0 Å². The first-order chi connectivity index (χ1) is 9.99. The maximum Gasteiger partial charge on any atom is 0.238 e. The van der Waals surface area contributed by atoms with Crippen molar-refractivity contribution < 1.29 is 14.3 Å². The number of benzene rings is 1. The number of carbonyl (C=O) groups excluding carboxylic acids is 2. The molecular weight excluding hydrogens is 272 g/mol. The lowest BCUT2D eigenvalue weighted by Crippen LogP contribution is -2.40. The highest BCUT2D eigenvalue weighted by molar-refractivity contribution is 5.94. The summed E-state index contributed by atoms with van der Waals surface area (Å²) in [4.78, 5) is 25.1. The first kappa shape index (κ1) is 16.8. The molecular formula is C14H22N4O3. The minimum absolute atomic E-state index is 0.122. The quantitative estimate of drug-likeness (QED) is 0.628. The third-order valence-corrected chi connectivity index (χ3v) is 2.96. The molecule has 7 heteroatoms. The first-order valence-electron chi connectivity index (χ1n) is 6.66. The van der Waals surface area contributed by atoms with Crippen LogP contribution in [-0.4, -0.2) is 50.5 Å². The summed E-state index contributed by atoms with van der Waals surface area (Å²) in [6, 6.07) is 5.00. The van der Waals surface area contributed by atoms with Gasteiger partial charge >= 0.3 is 0 Å². The van der Waals surface area contributed by atoms with Gasteiger partial charge in [0.05, 0.1) is 25.9 Å². The van der Waals surface area contributed by atoms with E-state index >= 15 is 0 Å². The molecule has 21 heavy (non-hydrogen) atoms. The summed E-state index contributed by atoms with van der Waals surface area (Å²) in [5.74, 6) is 0.149. The van der Waals surface area contributed by atoms with Crippen molar-refractivity contribution in [2.24, 2.45) is 0 Å². The van der Waals surface area contributed by atoms with Gasteiger partial charge in [-0.25, -0.2) is 0 Å². The van der Waals surface area contributed by atoms with Crippen molar-refractivity contribution in [2.75, 3.05) is 44.8 Å². The summed E-state index contributed by atoms with van der Waals surface area (Å²) in [5, 5.41) is 5.28. The number of carbonyl (C=O) groups is 2. The van der Waals surface area contributed by atoms with Crippen molar-refractivity contribution in [2.45, 2.75) is 6.92 Å². The largest absolute Gasteiger partial charge is 0.494 e. The number of amides is 2. The van der Waals surface area contributed by atoms with E-state index < -0.39 is 0 Å². The molecule has 1 aromatic rings. The SMILES string of the molecule is CCN(CC(=O)NC)CC(=O)Nc1ccc(N)cc1OC. The van der Waals surface area contributed by atoms with Crippen molar-refractivity contribution in [3.8, 4) is 5.75 Å². The number of nitrogens with two attached hydrogens (primary N) is 1. The van der Waals surface area contributed by atoms with Gasteiger partial charge in [-0.05, 0) is 18.7 Å². The third-order valence-electron chi connectivity index (χ3n) is 2.96. The summed E-state index contributed by atoms with van der Waals surface area (Å²) < 4.78 is 5.17. The second-order valence-corrected chi connectivity index (χ2v) is 4.48. The van der Waals surface area contributed by atoms with Crippen LogP contribution in [0.2, 0.25) is 0 Å². The number of nitrogen functional groups attached to an aromatic ring is 1. The molecule has 0 heterocycles. The molecule has 0 aliphatic rings. The van der Waals surface area contributed by atoms with E-state index in [0.717, 1.165) is 0 Å². The van der Waals surface area contributed by atoms with E-state index in [1.807, 2.05) is 6.92 Å². The summed E-state index contributed by atoms with van der Waals surface area (Å²) in [7, 11) is 3.07. The van der Waals surface area contributed by atoms with E-state index in [-0.39, 0.29) is 24.9 Å². The summed E-state index contributed by atoms with van der Waals surface area (Å²) in [6.45, 7) is 2.79. The molecule has 0 aromatic heterocycles. The van der Waals surface area contributed by atoms with E-state index in [0.29, 0.717) is 23.7 Å². The van der Waals surface area contributed by atoms with Crippen LogP contribution in [0, 0.1) is 0 Å². The van der Waals surface area contributed by atoms with E-state index in [1.54, 1.807) is 30.1 Å². The van der Waals surface area contributed by atoms with Crippen LogP contribution >= 0.6 is 0 Å². The van der Waals surface area contributed by atoms with E-state index in [1.165, 1.54) is 7.11 Å². The van der Waals surface area contributed by atoms with Crippen molar-refractivity contribution in [3.05, 3.63) is 18.2 Å². The average Bonchev–Trinajstić information content (AvgIpc) is 2.47. The minimum atomic E-state index is -0.219. The van der Waals surface area contributed by atoms with Crippen LogP contribution in [0.25, 0.3) is 0 Å². The van der Waals surface area contributed by atoms with Gasteiger partial charge in [-0.15, -0.1) is 0 Å². The van der Waals surface area contributed by atoms with Crippen molar-refractivity contribution in [1.82, 2.24) is 10.2 Å². The lowest BCUT2D eigenvalue weighted by atomic mass is 10.2. The number of hydrogen-bond acceptors (Lipinski definition) is 5. The lowest BCUT2D eigenvalue weighted by Gasteiger charge is -2.19. The molecule has 0 aliphatic heterocycles. The van der Waals surface area contributed by atoms with Crippen LogP contribution in [-0.2, 0) is 9.59 Å². The third kappa shape index (κ3) is 5.31. The Hall–Kier alpha value is -2.28. The molecule has 1 aromatic carbocycles. The van der Waals surface area contributed by atoms with Gasteiger partial charge in [0.25, 0.3) is 0 Å². The van der Waals surface area contributed by atoms with Crippen LogP contribution in [0.1, 0.15) is 6.92 Å². The van der Waals surface area contributed by atoms with Gasteiger partial charge in [0.2, 0.25) is 11.8 Å². The molecule has 0 radical (unpaired) electrons. The van der Waals surface area contributed by atoms with Crippen LogP contribution in [0.15, 0.2) is 18.2 Å². The predicted molar refractivity (Wildman–Crippen MR) is 82.2 cm³/mol. The maximum absolute atomic E-state index is 12.0. The zero-order valence-electron chi connectivity index (χ0n) is 12.6. The fourth-order valence-electron chi connectivity index (χ4n) is 1.77. The number of hydrogen-bond donors (Lipinski definition) is 3. The Bertz CT molecular complexity index is 505. The van der Waals surface area contributed by atoms with Crippen LogP contribution in [0.5, 0.6) is 5.75 Å². The Morgan fingerprint density at radius 2 is 1.95 bits per heavy atom. The molecule has 0 fully saturated rings. The zero-order chi connectivity index (χ0) is 15.8. The number of likely N-dealkylation sites (N-methyl/N-ethyl adjacent to an activating group) is 2. The Labute approximate surface area is 124 Å². The van der Waals surface area contributed by atoms with E-state index in [4.69, 9.17) is 10.5 Å². The monoisotopic (exact) mass is 294 g/mol. The summed E-state index contributed by atoms with van der Waals surface area (Å²) in [6.07, 6.45) is 0. The lowest BCUT2D eigenvalue weighted by molar-refractivity contribution is -0.123. The molecule has 116 valence electrons. The molecule has 1 rings (SSSR count). The Balaban J connectivity index is 2.66. The summed E-state index contributed by atoms with van der Waals surface area (Å²) in [5.41, 5.74) is 6.76. The van der Waals surface area contributed by atoms with Crippen LogP contribution in [0.4, 0.5) is 11.4 Å². The van der Waals surface area contributed by atoms with Crippen molar-refractivity contribution in [3.63, 3.8) is 0 Å². The van der Waals surface area contributed by atoms with Gasteiger partial charge in [-0.2, -0.15) is 0 Å². The van der Waals surface area contributed by atoms with Crippen molar-refractivity contribution in [1.29, 1.82) is 0 Å². The van der Waals surface area contributed by atoms with Gasteiger partial charge < -0.3 is 21.1 Å². The highest BCUT2D eigenvalue weighted by Crippen LogP contribution is 2.26. The van der Waals surface area contributed by atoms with Crippen LogP contribution < -0.4 is 21.1 Å². The Morgan fingerprint density at radius 3 is 2.52 bits per heavy atom. The van der Waals surface area contributed by atoms with E-state index in [2.05, 4.69) is 10.6 Å². The average molecular weight is 294 g/mol. The van der Waals surface area contributed by atoms with E-state index in [9.17, 15) is 9.59 Å². The number of nitrogens with one attached hydrogen (secondary N) is 2. The molecule has 0 aliphatic carbocycles. The fourth-order valence-corrected chi connectivity index (χ4v) is 1.77. The topological polar surface area (TPSA) is 96.7 Å². The number of nitrogens with zero attached hydrogens (tertiary/aromatic N) is 1. The van der Waals surface area contributed by atoms with Gasteiger partial charge in [-0.1, -0.05) is 6.92 Å². The second-order valence-electron chi connectivity index (χ2n) is 4.48. The molecule has 0 unspecified atom stereocenters. The molecule has 0 spiro atoms. The molecule has 0 saturated carbocycles. The van der Waals surface area contributed by atoms with Crippen molar-refractivity contribution >= 4 is 23.2 Å². The normalized spacial score (nSPS) is 10.3. The highest BCUT2D eigenvalue weighted by atomic mass is 16.5. The molecule has 7 nitrogen and oxygen atoms in total. The second kappa shape index (κ2) is 8.11. The Kier molecular flexibility index (Phi) is 6.48.